The van der Waals surface area contributed by atoms with Crippen LogP contribution in [0.3, 0.4) is 0 Å². The van der Waals surface area contributed by atoms with E-state index in [1.54, 1.807) is 37.5 Å². The van der Waals surface area contributed by atoms with E-state index in [0.29, 0.717) is 22.6 Å². The zero-order chi connectivity index (χ0) is 26.9. The molecular formula is C25H27Cl2N7O3. The van der Waals surface area contributed by atoms with E-state index in [2.05, 4.69) is 20.6 Å². The van der Waals surface area contributed by atoms with Crippen molar-refractivity contribution in [1.82, 2.24) is 20.2 Å². The van der Waals surface area contributed by atoms with Crippen LogP contribution in [0, 0.1) is 0 Å². The average Bonchev–Trinajstić information content (AvgIpc) is 2.88. The summed E-state index contributed by atoms with van der Waals surface area (Å²) in [5, 5.41) is 16.3. The molecule has 12 heteroatoms. The fourth-order valence-corrected chi connectivity index (χ4v) is 4.59. The number of phenols is 1. The smallest absolute Gasteiger partial charge is 0.330 e. The van der Waals surface area contributed by atoms with Gasteiger partial charge in [0, 0.05) is 30.1 Å². The molecule has 4 rings (SSSR count). The number of fused-ring (bicyclic) bond motifs is 1. The zero-order valence-electron chi connectivity index (χ0n) is 20.8. The van der Waals surface area contributed by atoms with Gasteiger partial charge in [0.2, 0.25) is 5.95 Å². The zero-order valence-corrected chi connectivity index (χ0v) is 22.3. The molecule has 3 amide bonds. The van der Waals surface area contributed by atoms with Gasteiger partial charge < -0.3 is 15.7 Å². The van der Waals surface area contributed by atoms with Gasteiger partial charge in [-0.3, -0.25) is 19.5 Å². The third kappa shape index (κ3) is 5.41. The van der Waals surface area contributed by atoms with Crippen molar-refractivity contribution in [2.45, 2.75) is 26.1 Å². The Morgan fingerprint density at radius 1 is 1.24 bits per heavy atom. The predicted molar refractivity (Wildman–Crippen MR) is 145 cm³/mol. The number of urea groups is 1. The van der Waals surface area contributed by atoms with Crippen LogP contribution in [0.25, 0.3) is 0 Å². The van der Waals surface area contributed by atoms with Gasteiger partial charge in [0.05, 0.1) is 23.4 Å². The third-order valence-electron chi connectivity index (χ3n) is 6.01. The van der Waals surface area contributed by atoms with Gasteiger partial charge in [-0.25, -0.2) is 9.78 Å². The number of amides is 3. The highest BCUT2D eigenvalue weighted by Gasteiger charge is 2.33. The van der Waals surface area contributed by atoms with Crippen molar-refractivity contribution in [2.75, 3.05) is 36.3 Å². The number of nitrogens with zero attached hydrogens (tertiary/aromatic N) is 5. The Bertz CT molecular complexity index is 1350. The minimum absolute atomic E-state index is 0.0170. The molecule has 3 aromatic rings. The van der Waals surface area contributed by atoms with Gasteiger partial charge in [0.15, 0.2) is 0 Å². The van der Waals surface area contributed by atoms with Crippen LogP contribution in [0.15, 0.2) is 42.6 Å². The first-order chi connectivity index (χ1) is 17.6. The highest BCUT2D eigenvalue weighted by molar-refractivity contribution is 6.41. The lowest BCUT2D eigenvalue weighted by Gasteiger charge is -2.34. The van der Waals surface area contributed by atoms with E-state index in [0.717, 1.165) is 6.42 Å². The van der Waals surface area contributed by atoms with Gasteiger partial charge in [0.25, 0.3) is 5.91 Å². The summed E-state index contributed by atoms with van der Waals surface area (Å²) in [6.45, 7) is 2.12. The van der Waals surface area contributed by atoms with Gasteiger partial charge in [-0.1, -0.05) is 36.2 Å². The molecule has 0 fully saturated rings. The maximum Gasteiger partial charge on any atom is 0.330 e. The summed E-state index contributed by atoms with van der Waals surface area (Å²) in [7, 11) is 5.40. The molecule has 2 heterocycles. The van der Waals surface area contributed by atoms with Crippen molar-refractivity contribution in [2.24, 2.45) is 0 Å². The van der Waals surface area contributed by atoms with Gasteiger partial charge in [-0.05, 0) is 50.8 Å². The summed E-state index contributed by atoms with van der Waals surface area (Å²) < 4.78 is 0. The van der Waals surface area contributed by atoms with E-state index in [4.69, 9.17) is 23.2 Å². The van der Waals surface area contributed by atoms with Crippen LogP contribution in [0.1, 0.15) is 29.3 Å². The summed E-state index contributed by atoms with van der Waals surface area (Å²) in [4.78, 5) is 39.5. The molecule has 1 aliphatic rings. The lowest BCUT2D eigenvalue weighted by Crippen LogP contribution is -2.46. The number of anilines is 4. The van der Waals surface area contributed by atoms with Gasteiger partial charge >= 0.3 is 6.03 Å². The number of phenolic OH excluding ortho intramolecular Hbond substituents is 1. The second-order valence-electron chi connectivity index (χ2n) is 8.77. The second-order valence-corrected chi connectivity index (χ2v) is 9.55. The molecule has 37 heavy (non-hydrogen) atoms. The van der Waals surface area contributed by atoms with E-state index < -0.39 is 6.03 Å². The number of aromatic nitrogens is 2. The first-order valence-corrected chi connectivity index (χ1v) is 12.3. The Morgan fingerprint density at radius 3 is 2.70 bits per heavy atom. The quantitative estimate of drug-likeness (QED) is 0.365. The fourth-order valence-electron chi connectivity index (χ4n) is 4.02. The lowest BCUT2D eigenvalue weighted by molar-refractivity contribution is 0.0887. The highest BCUT2D eigenvalue weighted by Crippen LogP contribution is 2.42. The molecule has 0 radical (unpaired) electrons. The predicted octanol–water partition coefficient (Wildman–Crippen LogP) is 4.84. The minimum atomic E-state index is -0.420. The fraction of sp³-hybridized carbons (Fsp3) is 0.280. The maximum absolute atomic E-state index is 13.2. The van der Waals surface area contributed by atoms with Crippen LogP contribution in [-0.2, 0) is 6.54 Å². The Labute approximate surface area is 224 Å². The van der Waals surface area contributed by atoms with Crippen molar-refractivity contribution < 1.29 is 14.7 Å². The standard InChI is InChI=1S/C25H27Cl2N7O3/c1-5-19(32(2)3)30-23(36)14-7-6-8-16(11-14)29-24-28-12-15-13-34(25(37)33(4)22(15)31-24)21-17(26)9-10-18(35)20(21)27/h6-12,19,35H,5,13H2,1-4H3,(H,30,36)(H,28,29,31). The number of benzene rings is 2. The first-order valence-electron chi connectivity index (χ1n) is 11.5. The molecule has 3 N–H and O–H groups in total. The molecule has 10 nitrogen and oxygen atoms in total. The Balaban J connectivity index is 1.56. The van der Waals surface area contributed by atoms with Crippen molar-refractivity contribution in [1.29, 1.82) is 0 Å². The number of carbonyl (C=O) groups excluding carboxylic acids is 2. The third-order valence-corrected chi connectivity index (χ3v) is 6.69. The average molecular weight is 544 g/mol. The van der Waals surface area contributed by atoms with E-state index in [1.807, 2.05) is 25.9 Å². The first kappa shape index (κ1) is 26.5. The van der Waals surface area contributed by atoms with E-state index in [-0.39, 0.29) is 46.0 Å². The molecule has 1 aliphatic heterocycles. The van der Waals surface area contributed by atoms with E-state index in [9.17, 15) is 14.7 Å². The number of hydrogen-bond donors (Lipinski definition) is 3. The molecule has 194 valence electrons. The van der Waals surface area contributed by atoms with Crippen LogP contribution in [0.5, 0.6) is 5.75 Å². The number of halogens is 2. The normalized spacial score (nSPS) is 14.0. The number of aromatic hydroxyl groups is 1. The maximum atomic E-state index is 13.2. The summed E-state index contributed by atoms with van der Waals surface area (Å²) in [6, 6.07) is 9.43. The van der Waals surface area contributed by atoms with Crippen LogP contribution >= 0.6 is 23.2 Å². The summed E-state index contributed by atoms with van der Waals surface area (Å²) in [6.07, 6.45) is 2.29. The number of rotatable bonds is 7. The van der Waals surface area contributed by atoms with Crippen molar-refractivity contribution >= 4 is 58.3 Å². The number of carbonyl (C=O) groups is 2. The molecule has 0 spiro atoms. The number of nitrogens with one attached hydrogen (secondary N) is 2. The van der Waals surface area contributed by atoms with E-state index >= 15 is 0 Å². The molecular weight excluding hydrogens is 517 g/mol. The molecule has 0 saturated heterocycles. The molecule has 0 saturated carbocycles. The Morgan fingerprint density at radius 2 is 2.00 bits per heavy atom. The largest absolute Gasteiger partial charge is 0.506 e. The molecule has 0 aliphatic carbocycles. The molecule has 1 unspecified atom stereocenters. The van der Waals surface area contributed by atoms with Gasteiger partial charge in [0.1, 0.15) is 16.6 Å². The molecule has 1 aromatic heterocycles. The SMILES string of the molecule is CCC(NC(=O)c1cccc(Nc2ncc3c(n2)N(C)C(=O)N(c2c(Cl)ccc(O)c2Cl)C3)c1)N(C)C. The van der Waals surface area contributed by atoms with E-state index in [1.165, 1.54) is 21.9 Å². The van der Waals surface area contributed by atoms with Gasteiger partial charge in [-0.15, -0.1) is 0 Å². The Hall–Kier alpha value is -3.60. The van der Waals surface area contributed by atoms with Crippen LogP contribution in [0.4, 0.5) is 27.9 Å². The van der Waals surface area contributed by atoms with Crippen molar-refractivity contribution in [3.63, 3.8) is 0 Å². The highest BCUT2D eigenvalue weighted by atomic mass is 35.5. The molecule has 0 bridgehead atoms. The topological polar surface area (TPSA) is 114 Å². The molecule has 1 atom stereocenters. The lowest BCUT2D eigenvalue weighted by atomic mass is 10.1. The monoisotopic (exact) mass is 543 g/mol. The van der Waals surface area contributed by atoms with Gasteiger partial charge in [-0.2, -0.15) is 4.98 Å². The molecule has 2 aromatic carbocycles. The summed E-state index contributed by atoms with van der Waals surface area (Å²) in [5.74, 6) is 0.306. The van der Waals surface area contributed by atoms with Crippen LogP contribution < -0.4 is 20.4 Å². The van der Waals surface area contributed by atoms with Crippen molar-refractivity contribution in [3.05, 3.63) is 63.8 Å². The summed E-state index contributed by atoms with van der Waals surface area (Å²) >= 11 is 12.6. The van der Waals surface area contributed by atoms with Crippen LogP contribution in [0.2, 0.25) is 10.0 Å². The van der Waals surface area contributed by atoms with Crippen molar-refractivity contribution in [3.8, 4) is 5.75 Å². The second kappa shape index (κ2) is 10.8. The summed E-state index contributed by atoms with van der Waals surface area (Å²) in [5.41, 5.74) is 1.98. The van der Waals surface area contributed by atoms with Crippen LogP contribution in [-0.4, -0.2) is 59.2 Å². The number of hydrogen-bond acceptors (Lipinski definition) is 7. The Kier molecular flexibility index (Phi) is 7.72. The minimum Gasteiger partial charge on any atom is -0.506 e.